The van der Waals surface area contributed by atoms with Crippen molar-refractivity contribution >= 4 is 11.9 Å². The van der Waals surface area contributed by atoms with Crippen LogP contribution in [0.4, 0.5) is 0 Å². The highest BCUT2D eigenvalue weighted by atomic mass is 16.4. The Hall–Kier alpha value is -2.04. The van der Waals surface area contributed by atoms with Gasteiger partial charge >= 0.3 is 5.97 Å². The number of carbonyl (C=O) groups excluding carboxylic acids is 1. The maximum absolute atomic E-state index is 11.8. The second-order valence-electron chi connectivity index (χ2n) is 4.66. The van der Waals surface area contributed by atoms with Gasteiger partial charge < -0.3 is 15.5 Å². The number of aliphatic carboxylic acids is 1. The van der Waals surface area contributed by atoms with Crippen molar-refractivity contribution in [1.29, 1.82) is 0 Å². The summed E-state index contributed by atoms with van der Waals surface area (Å²) >= 11 is 0. The van der Waals surface area contributed by atoms with Gasteiger partial charge in [-0.3, -0.25) is 9.59 Å². The number of hydrogen-bond acceptors (Lipinski definition) is 3. The van der Waals surface area contributed by atoms with E-state index in [1.807, 2.05) is 6.92 Å². The van der Waals surface area contributed by atoms with Crippen LogP contribution in [0.3, 0.4) is 0 Å². The lowest BCUT2D eigenvalue weighted by molar-refractivity contribution is -0.141. The molecule has 3 N–H and O–H groups in total. The highest BCUT2D eigenvalue weighted by molar-refractivity contribution is 5.96. The molecule has 5 nitrogen and oxygen atoms in total. The molecule has 19 heavy (non-hydrogen) atoms. The van der Waals surface area contributed by atoms with Gasteiger partial charge in [0.25, 0.3) is 5.91 Å². The van der Waals surface area contributed by atoms with E-state index in [1.54, 1.807) is 19.1 Å². The largest absolute Gasteiger partial charge is 0.507 e. The molecule has 0 bridgehead atoms. The Morgan fingerprint density at radius 3 is 2.63 bits per heavy atom. The summed E-state index contributed by atoms with van der Waals surface area (Å²) < 4.78 is 0. The molecule has 0 fully saturated rings. The number of carbonyl (C=O) groups is 2. The lowest BCUT2D eigenvalue weighted by Gasteiger charge is -2.08. The van der Waals surface area contributed by atoms with Crippen LogP contribution in [0.25, 0.3) is 0 Å². The molecular formula is C14H19NO4. The van der Waals surface area contributed by atoms with Crippen molar-refractivity contribution in [1.82, 2.24) is 5.32 Å². The summed E-state index contributed by atoms with van der Waals surface area (Å²) in [4.78, 5) is 22.4. The molecule has 0 aliphatic carbocycles. The number of amides is 1. The van der Waals surface area contributed by atoms with Gasteiger partial charge in [-0.05, 0) is 37.5 Å². The van der Waals surface area contributed by atoms with E-state index in [0.29, 0.717) is 19.4 Å². The van der Waals surface area contributed by atoms with Gasteiger partial charge in [-0.25, -0.2) is 0 Å². The number of aryl methyl sites for hydroxylation is 1. The number of rotatable bonds is 6. The van der Waals surface area contributed by atoms with Gasteiger partial charge in [0, 0.05) is 6.54 Å². The van der Waals surface area contributed by atoms with Crippen molar-refractivity contribution in [3.8, 4) is 5.75 Å². The summed E-state index contributed by atoms with van der Waals surface area (Å²) in [5.74, 6) is -1.64. The van der Waals surface area contributed by atoms with Gasteiger partial charge in [-0.15, -0.1) is 0 Å². The average Bonchev–Trinajstić information content (AvgIpc) is 2.33. The smallest absolute Gasteiger partial charge is 0.306 e. The van der Waals surface area contributed by atoms with Crippen molar-refractivity contribution in [2.24, 2.45) is 5.92 Å². The Bertz CT molecular complexity index is 471. The molecule has 0 saturated carbocycles. The molecule has 0 spiro atoms. The molecule has 0 aliphatic rings. The second kappa shape index (κ2) is 6.78. The van der Waals surface area contributed by atoms with Gasteiger partial charge in [0.05, 0.1) is 11.5 Å². The topological polar surface area (TPSA) is 86.6 Å². The molecule has 0 heterocycles. The minimum atomic E-state index is -0.831. The van der Waals surface area contributed by atoms with E-state index in [2.05, 4.69) is 5.32 Å². The predicted molar refractivity (Wildman–Crippen MR) is 71.2 cm³/mol. The van der Waals surface area contributed by atoms with E-state index < -0.39 is 11.9 Å². The lowest BCUT2D eigenvalue weighted by Crippen LogP contribution is -2.25. The first-order valence-electron chi connectivity index (χ1n) is 6.22. The Morgan fingerprint density at radius 1 is 1.37 bits per heavy atom. The van der Waals surface area contributed by atoms with Crippen LogP contribution in [0, 0.1) is 12.8 Å². The van der Waals surface area contributed by atoms with Crippen LogP contribution in [-0.2, 0) is 4.79 Å². The standard InChI is InChI=1S/C14H19NO4/c1-9-5-6-11(12(16)8-9)13(17)15-7-3-4-10(2)14(18)19/h5-6,8,10,16H,3-4,7H2,1-2H3,(H,15,17)(H,18,19). The van der Waals surface area contributed by atoms with Gasteiger partial charge in [0.2, 0.25) is 0 Å². The maximum Gasteiger partial charge on any atom is 0.306 e. The summed E-state index contributed by atoms with van der Waals surface area (Å²) in [6, 6.07) is 4.85. The van der Waals surface area contributed by atoms with Crippen LogP contribution < -0.4 is 5.32 Å². The minimum Gasteiger partial charge on any atom is -0.507 e. The monoisotopic (exact) mass is 265 g/mol. The number of carboxylic acids is 1. The van der Waals surface area contributed by atoms with Crippen LogP contribution in [-0.4, -0.2) is 28.6 Å². The molecule has 5 heteroatoms. The number of phenols is 1. The van der Waals surface area contributed by atoms with Crippen LogP contribution in [0.5, 0.6) is 5.75 Å². The zero-order chi connectivity index (χ0) is 14.4. The highest BCUT2D eigenvalue weighted by Crippen LogP contribution is 2.18. The zero-order valence-electron chi connectivity index (χ0n) is 11.1. The van der Waals surface area contributed by atoms with Crippen LogP contribution in [0.1, 0.15) is 35.7 Å². The number of benzene rings is 1. The van der Waals surface area contributed by atoms with Crippen molar-refractivity contribution in [3.63, 3.8) is 0 Å². The first kappa shape index (κ1) is 15.0. The number of phenolic OH excluding ortho intramolecular Hbond substituents is 1. The third-order valence-electron chi connectivity index (χ3n) is 2.92. The summed E-state index contributed by atoms with van der Waals surface area (Å²) in [6.07, 6.45) is 1.10. The number of carboxylic acid groups (broad SMARTS) is 1. The molecule has 0 radical (unpaired) electrons. The first-order chi connectivity index (χ1) is 8.91. The molecular weight excluding hydrogens is 246 g/mol. The Morgan fingerprint density at radius 2 is 2.05 bits per heavy atom. The van der Waals surface area contributed by atoms with E-state index in [4.69, 9.17) is 5.11 Å². The van der Waals surface area contributed by atoms with E-state index in [-0.39, 0.29) is 17.2 Å². The minimum absolute atomic E-state index is 0.0450. The van der Waals surface area contributed by atoms with E-state index in [9.17, 15) is 14.7 Å². The zero-order valence-corrected chi connectivity index (χ0v) is 11.1. The van der Waals surface area contributed by atoms with E-state index >= 15 is 0 Å². The van der Waals surface area contributed by atoms with Crippen molar-refractivity contribution in [2.45, 2.75) is 26.7 Å². The quantitative estimate of drug-likeness (QED) is 0.686. The Kier molecular flexibility index (Phi) is 5.36. The van der Waals surface area contributed by atoms with Crippen LogP contribution in [0.2, 0.25) is 0 Å². The lowest BCUT2D eigenvalue weighted by atomic mass is 10.1. The van der Waals surface area contributed by atoms with Gasteiger partial charge in [-0.2, -0.15) is 0 Å². The summed E-state index contributed by atoms with van der Waals surface area (Å²) in [7, 11) is 0. The molecule has 0 aromatic heterocycles. The molecule has 0 saturated heterocycles. The molecule has 104 valence electrons. The normalized spacial score (nSPS) is 11.9. The Balaban J connectivity index is 2.41. The van der Waals surface area contributed by atoms with Crippen molar-refractivity contribution in [2.75, 3.05) is 6.54 Å². The fourth-order valence-electron chi connectivity index (χ4n) is 1.66. The van der Waals surface area contributed by atoms with Gasteiger partial charge in [-0.1, -0.05) is 13.0 Å². The fourth-order valence-corrected chi connectivity index (χ4v) is 1.66. The third-order valence-corrected chi connectivity index (χ3v) is 2.92. The maximum atomic E-state index is 11.8. The molecule has 1 aromatic rings. The van der Waals surface area contributed by atoms with E-state index in [0.717, 1.165) is 5.56 Å². The van der Waals surface area contributed by atoms with Gasteiger partial charge in [0.1, 0.15) is 5.75 Å². The Labute approximate surface area is 112 Å². The molecule has 1 aromatic carbocycles. The van der Waals surface area contributed by atoms with E-state index in [1.165, 1.54) is 6.07 Å². The van der Waals surface area contributed by atoms with Crippen LogP contribution in [0.15, 0.2) is 18.2 Å². The predicted octanol–water partition coefficient (Wildman–Crippen LogP) is 1.93. The molecule has 1 unspecified atom stereocenters. The summed E-state index contributed by atoms with van der Waals surface area (Å²) in [5, 5.41) is 21.0. The van der Waals surface area contributed by atoms with Gasteiger partial charge in [0.15, 0.2) is 0 Å². The molecule has 1 rings (SSSR count). The number of hydrogen-bond donors (Lipinski definition) is 3. The molecule has 1 atom stereocenters. The number of aromatic hydroxyl groups is 1. The summed E-state index contributed by atoms with van der Waals surface area (Å²) in [6.45, 7) is 3.86. The van der Waals surface area contributed by atoms with Crippen molar-refractivity contribution < 1.29 is 19.8 Å². The third kappa shape index (κ3) is 4.62. The number of nitrogens with one attached hydrogen (secondary N) is 1. The molecule has 0 aliphatic heterocycles. The van der Waals surface area contributed by atoms with Crippen LogP contribution >= 0.6 is 0 Å². The second-order valence-corrected chi connectivity index (χ2v) is 4.66. The average molecular weight is 265 g/mol. The fraction of sp³-hybridized carbons (Fsp3) is 0.429. The summed E-state index contributed by atoms with van der Waals surface area (Å²) in [5.41, 5.74) is 1.11. The first-order valence-corrected chi connectivity index (χ1v) is 6.22. The molecule has 1 amide bonds. The highest BCUT2D eigenvalue weighted by Gasteiger charge is 2.12. The van der Waals surface area contributed by atoms with Crippen molar-refractivity contribution in [3.05, 3.63) is 29.3 Å². The SMILES string of the molecule is Cc1ccc(C(=O)NCCCC(C)C(=O)O)c(O)c1.